The SMILES string of the molecule is O=S([O-])[O-].[H+].c1ccc([N+](c2ccccc2)(c2ccccc2)c2ccccc2)cc1. The van der Waals surface area contributed by atoms with Crippen molar-refractivity contribution in [2.75, 3.05) is 0 Å². The van der Waals surface area contributed by atoms with Gasteiger partial charge in [-0.2, -0.15) is 4.48 Å². The topological polar surface area (TPSA) is 63.2 Å². The Bertz CT molecular complexity index is 866. The second-order valence-electron chi connectivity index (χ2n) is 6.22. The van der Waals surface area contributed by atoms with Gasteiger partial charge in [-0.3, -0.25) is 4.21 Å². The number of nitrogens with zero attached hydrogens (tertiary/aromatic N) is 1. The van der Waals surface area contributed by atoms with E-state index in [-0.39, 0.29) is 1.43 Å². The minimum atomic E-state index is -3.11. The highest BCUT2D eigenvalue weighted by molar-refractivity contribution is 7.72. The smallest absolute Gasteiger partial charge is 0.784 e. The largest absolute Gasteiger partial charge is 1.00 e. The van der Waals surface area contributed by atoms with E-state index in [4.69, 9.17) is 13.3 Å². The van der Waals surface area contributed by atoms with Crippen molar-refractivity contribution in [2.45, 2.75) is 0 Å². The average molecular weight is 404 g/mol. The van der Waals surface area contributed by atoms with Gasteiger partial charge in [0.15, 0.2) is 0 Å². The van der Waals surface area contributed by atoms with Gasteiger partial charge in [0.1, 0.15) is 22.7 Å². The lowest BCUT2D eigenvalue weighted by atomic mass is 10.1. The van der Waals surface area contributed by atoms with Crippen molar-refractivity contribution < 1.29 is 14.7 Å². The molecule has 0 aliphatic rings. The molecule has 0 radical (unpaired) electrons. The molecule has 4 nitrogen and oxygen atoms in total. The summed E-state index contributed by atoms with van der Waals surface area (Å²) in [7, 11) is 0. The Hall–Kier alpha value is -3.09. The molecule has 0 unspecified atom stereocenters. The van der Waals surface area contributed by atoms with Crippen LogP contribution in [-0.4, -0.2) is 13.3 Å². The zero-order chi connectivity index (χ0) is 20.5. The van der Waals surface area contributed by atoms with Crippen LogP contribution < -0.4 is 4.48 Å². The van der Waals surface area contributed by atoms with Crippen LogP contribution in [0.3, 0.4) is 0 Å². The summed E-state index contributed by atoms with van der Waals surface area (Å²) in [6, 6.07) is 42.8. The third-order valence-corrected chi connectivity index (χ3v) is 4.57. The van der Waals surface area contributed by atoms with Crippen LogP contribution in [0.4, 0.5) is 22.7 Å². The van der Waals surface area contributed by atoms with Crippen molar-refractivity contribution in [3.8, 4) is 0 Å². The molecule has 29 heavy (non-hydrogen) atoms. The molecule has 0 spiro atoms. The first-order valence-electron chi connectivity index (χ1n) is 9.04. The molecule has 0 saturated carbocycles. The Kier molecular flexibility index (Phi) is 7.05. The Morgan fingerprint density at radius 1 is 0.483 bits per heavy atom. The van der Waals surface area contributed by atoms with E-state index in [2.05, 4.69) is 121 Å². The van der Waals surface area contributed by atoms with E-state index < -0.39 is 11.4 Å². The molecule has 0 fully saturated rings. The van der Waals surface area contributed by atoms with Crippen molar-refractivity contribution in [3.05, 3.63) is 121 Å². The molecular formula is C24H21NO3S. The molecular weight excluding hydrogens is 382 g/mol. The number of rotatable bonds is 4. The third kappa shape index (κ3) is 4.67. The molecule has 146 valence electrons. The Labute approximate surface area is 174 Å². The van der Waals surface area contributed by atoms with E-state index in [1.54, 1.807) is 0 Å². The summed E-state index contributed by atoms with van der Waals surface area (Å²) >= 11 is -3.11. The van der Waals surface area contributed by atoms with Crippen LogP contribution in [0.25, 0.3) is 0 Å². The van der Waals surface area contributed by atoms with E-state index in [1.165, 1.54) is 22.7 Å². The first-order chi connectivity index (χ1) is 14.2. The van der Waals surface area contributed by atoms with Crippen molar-refractivity contribution in [3.63, 3.8) is 0 Å². The van der Waals surface area contributed by atoms with Crippen molar-refractivity contribution in [1.82, 2.24) is 4.48 Å². The molecule has 0 bridgehead atoms. The fourth-order valence-corrected chi connectivity index (χ4v) is 3.50. The van der Waals surface area contributed by atoms with Crippen molar-refractivity contribution in [2.24, 2.45) is 0 Å². The summed E-state index contributed by atoms with van der Waals surface area (Å²) in [5.41, 5.74) is 4.86. The predicted molar refractivity (Wildman–Crippen MR) is 117 cm³/mol. The zero-order valence-electron chi connectivity index (χ0n) is 16.6. The first-order valence-corrected chi connectivity index (χ1v) is 10.0. The van der Waals surface area contributed by atoms with E-state index in [0.717, 1.165) is 0 Å². The number of benzene rings is 4. The number of hydrogen-bond acceptors (Lipinski definition) is 3. The second kappa shape index (κ2) is 9.91. The van der Waals surface area contributed by atoms with Crippen LogP contribution in [0.15, 0.2) is 121 Å². The lowest BCUT2D eigenvalue weighted by molar-refractivity contribution is 0.419. The maximum Gasteiger partial charge on any atom is 1.00 e. The molecule has 0 atom stereocenters. The summed E-state index contributed by atoms with van der Waals surface area (Å²) in [6.07, 6.45) is 0. The molecule has 0 saturated heterocycles. The van der Waals surface area contributed by atoms with Gasteiger partial charge in [-0.05, 0) is 0 Å². The Morgan fingerprint density at radius 2 is 0.655 bits per heavy atom. The lowest BCUT2D eigenvalue weighted by Gasteiger charge is -2.37. The van der Waals surface area contributed by atoms with Crippen LogP contribution in [0.2, 0.25) is 0 Å². The molecule has 0 aliphatic heterocycles. The van der Waals surface area contributed by atoms with Gasteiger partial charge in [0.2, 0.25) is 0 Å². The number of quaternary nitrogens is 1. The normalized spacial score (nSPS) is 10.9. The summed E-state index contributed by atoms with van der Waals surface area (Å²) in [6.45, 7) is 0. The minimum Gasteiger partial charge on any atom is -0.784 e. The van der Waals surface area contributed by atoms with Crippen LogP contribution in [-0.2, 0) is 11.4 Å². The molecule has 0 N–H and O–H groups in total. The molecule has 0 aliphatic carbocycles. The highest BCUT2D eigenvalue weighted by Crippen LogP contribution is 2.50. The summed E-state index contributed by atoms with van der Waals surface area (Å²) < 4.78 is 25.9. The Morgan fingerprint density at radius 3 is 0.828 bits per heavy atom. The van der Waals surface area contributed by atoms with E-state index >= 15 is 0 Å². The van der Waals surface area contributed by atoms with Gasteiger partial charge in [-0.1, -0.05) is 72.8 Å². The predicted octanol–water partition coefficient (Wildman–Crippen LogP) is 6.10. The number of para-hydroxylation sites is 4. The van der Waals surface area contributed by atoms with Gasteiger partial charge in [0.25, 0.3) is 0 Å². The fraction of sp³-hybridized carbons (Fsp3) is 0. The quantitative estimate of drug-likeness (QED) is 0.306. The maximum absolute atomic E-state index is 8.44. The molecule has 0 aromatic heterocycles. The zero-order valence-corrected chi connectivity index (χ0v) is 16.4. The monoisotopic (exact) mass is 403 g/mol. The molecule has 0 heterocycles. The molecule has 4 aromatic carbocycles. The fourth-order valence-electron chi connectivity index (χ4n) is 3.50. The van der Waals surface area contributed by atoms with Crippen LogP contribution in [0.5, 0.6) is 0 Å². The lowest BCUT2D eigenvalue weighted by Crippen LogP contribution is -2.33. The van der Waals surface area contributed by atoms with Crippen molar-refractivity contribution in [1.29, 1.82) is 0 Å². The molecule has 0 amide bonds. The van der Waals surface area contributed by atoms with Gasteiger partial charge in [-0.25, -0.2) is 0 Å². The summed E-state index contributed by atoms with van der Waals surface area (Å²) in [4.78, 5) is 0. The van der Waals surface area contributed by atoms with Gasteiger partial charge in [0, 0.05) is 48.5 Å². The first kappa shape index (κ1) is 20.6. The summed E-state index contributed by atoms with van der Waals surface area (Å²) in [5, 5.41) is 0. The number of hydrogen-bond donors (Lipinski definition) is 0. The van der Waals surface area contributed by atoms with Gasteiger partial charge >= 0.3 is 1.43 Å². The second-order valence-corrected chi connectivity index (χ2v) is 6.63. The van der Waals surface area contributed by atoms with Gasteiger partial charge < -0.3 is 9.11 Å². The van der Waals surface area contributed by atoms with E-state index in [1.807, 2.05) is 0 Å². The van der Waals surface area contributed by atoms with E-state index in [0.29, 0.717) is 4.48 Å². The molecule has 5 heteroatoms. The summed E-state index contributed by atoms with van der Waals surface area (Å²) in [5.74, 6) is 0. The minimum absolute atomic E-state index is 0. The van der Waals surface area contributed by atoms with Crippen LogP contribution >= 0.6 is 0 Å². The van der Waals surface area contributed by atoms with Crippen LogP contribution in [0.1, 0.15) is 1.43 Å². The highest BCUT2D eigenvalue weighted by Gasteiger charge is 2.38. The van der Waals surface area contributed by atoms with Crippen molar-refractivity contribution >= 4 is 34.1 Å². The maximum atomic E-state index is 8.44. The van der Waals surface area contributed by atoms with Gasteiger partial charge in [0.05, 0.1) is 0 Å². The van der Waals surface area contributed by atoms with Crippen LogP contribution in [0, 0.1) is 0 Å². The Balaban J connectivity index is 0.000000591. The standard InChI is InChI=1S/C24H20N.H2O3S/c1-5-13-21(14-6-1)25(22-15-7-2-8-16-22,23-17-9-3-10-18-23)24-19-11-4-12-20-24;1-4(2)3/h1-20H;(H2,1,2,3)/q+1;/p-1. The molecule has 4 aromatic rings. The molecule has 4 rings (SSSR count). The third-order valence-electron chi connectivity index (χ3n) is 4.57. The van der Waals surface area contributed by atoms with Gasteiger partial charge in [-0.15, -0.1) is 11.4 Å². The highest BCUT2D eigenvalue weighted by atomic mass is 32.2. The van der Waals surface area contributed by atoms with E-state index in [9.17, 15) is 0 Å². The average Bonchev–Trinajstić information content (AvgIpc) is 2.77.